The summed E-state index contributed by atoms with van der Waals surface area (Å²) in [6.07, 6.45) is -0.150. The number of aliphatic hydroxyl groups is 1. The molecule has 1 heterocycles. The van der Waals surface area contributed by atoms with Crippen LogP contribution in [0.4, 0.5) is 0 Å². The summed E-state index contributed by atoms with van der Waals surface area (Å²) >= 11 is 4.86. The highest BCUT2D eigenvalue weighted by molar-refractivity contribution is 7.80. The lowest BCUT2D eigenvalue weighted by atomic mass is 10.2. The van der Waals surface area contributed by atoms with Crippen LogP contribution in [0.15, 0.2) is 0 Å². The van der Waals surface area contributed by atoms with E-state index in [1.807, 2.05) is 11.8 Å². The summed E-state index contributed by atoms with van der Waals surface area (Å²) in [7, 11) is 0. The lowest BCUT2D eigenvalue weighted by molar-refractivity contribution is -0.0556. The fourth-order valence-electron chi connectivity index (χ4n) is 1.23. The zero-order chi connectivity index (χ0) is 9.14. The smallest absolute Gasteiger partial charge is 0.166 e. The van der Waals surface area contributed by atoms with Gasteiger partial charge in [0, 0.05) is 6.54 Å². The summed E-state index contributed by atoms with van der Waals surface area (Å²) < 4.78 is 5.31. The molecule has 1 aliphatic heterocycles. The van der Waals surface area contributed by atoms with Crippen LogP contribution < -0.4 is 5.73 Å². The molecular weight excluding hydrogens is 176 g/mol. The molecule has 0 aliphatic carbocycles. The Hall–Kier alpha value is -0.390. The summed E-state index contributed by atoms with van der Waals surface area (Å²) in [4.78, 5) is 1.87. The SMILES string of the molecule is CC1COC(CO)CN1C(N)=S. The Labute approximate surface area is 77.3 Å². The predicted octanol–water partition coefficient (Wildman–Crippen LogP) is -0.688. The van der Waals surface area contributed by atoms with Gasteiger partial charge >= 0.3 is 0 Å². The molecule has 2 atom stereocenters. The highest BCUT2D eigenvalue weighted by atomic mass is 32.1. The van der Waals surface area contributed by atoms with Crippen LogP contribution in [0.2, 0.25) is 0 Å². The minimum Gasteiger partial charge on any atom is -0.394 e. The van der Waals surface area contributed by atoms with Gasteiger partial charge in [-0.05, 0) is 19.1 Å². The summed E-state index contributed by atoms with van der Waals surface area (Å²) in [5.41, 5.74) is 5.49. The largest absolute Gasteiger partial charge is 0.394 e. The molecule has 1 rings (SSSR count). The number of thiocarbonyl (C=S) groups is 1. The molecule has 0 aromatic carbocycles. The van der Waals surface area contributed by atoms with Crippen molar-refractivity contribution < 1.29 is 9.84 Å². The van der Waals surface area contributed by atoms with E-state index >= 15 is 0 Å². The Morgan fingerprint density at radius 2 is 2.50 bits per heavy atom. The minimum absolute atomic E-state index is 0.0197. The maximum atomic E-state index is 8.84. The first-order chi connectivity index (χ1) is 5.65. The van der Waals surface area contributed by atoms with Crippen molar-refractivity contribution in [2.75, 3.05) is 19.8 Å². The Morgan fingerprint density at radius 1 is 1.83 bits per heavy atom. The molecule has 0 radical (unpaired) electrons. The van der Waals surface area contributed by atoms with Crippen LogP contribution in [0, 0.1) is 0 Å². The fraction of sp³-hybridized carbons (Fsp3) is 0.857. The van der Waals surface area contributed by atoms with Crippen molar-refractivity contribution in [1.29, 1.82) is 0 Å². The van der Waals surface area contributed by atoms with Crippen LogP contribution in [0.25, 0.3) is 0 Å². The van der Waals surface area contributed by atoms with Gasteiger partial charge in [0.25, 0.3) is 0 Å². The molecule has 70 valence electrons. The van der Waals surface area contributed by atoms with Crippen LogP contribution in [-0.4, -0.2) is 47.0 Å². The van der Waals surface area contributed by atoms with Gasteiger partial charge in [-0.15, -0.1) is 0 Å². The maximum absolute atomic E-state index is 8.84. The zero-order valence-corrected chi connectivity index (χ0v) is 7.88. The topological polar surface area (TPSA) is 58.7 Å². The Kier molecular flexibility index (Phi) is 3.25. The van der Waals surface area contributed by atoms with Gasteiger partial charge in [-0.1, -0.05) is 0 Å². The number of nitrogens with zero attached hydrogens (tertiary/aromatic N) is 1. The molecule has 5 heteroatoms. The second-order valence-corrected chi connectivity index (χ2v) is 3.40. The van der Waals surface area contributed by atoms with Crippen LogP contribution in [-0.2, 0) is 4.74 Å². The molecule has 2 unspecified atom stereocenters. The molecule has 12 heavy (non-hydrogen) atoms. The molecule has 1 saturated heterocycles. The Morgan fingerprint density at radius 3 is 3.00 bits per heavy atom. The highest BCUT2D eigenvalue weighted by Crippen LogP contribution is 2.10. The van der Waals surface area contributed by atoms with E-state index in [0.717, 1.165) is 0 Å². The number of hydrogen-bond acceptors (Lipinski definition) is 3. The summed E-state index contributed by atoms with van der Waals surface area (Å²) in [5.74, 6) is 0. The maximum Gasteiger partial charge on any atom is 0.166 e. The third-order valence-electron chi connectivity index (χ3n) is 1.99. The molecule has 4 nitrogen and oxygen atoms in total. The van der Waals surface area contributed by atoms with E-state index < -0.39 is 0 Å². The van der Waals surface area contributed by atoms with Gasteiger partial charge in [0.1, 0.15) is 0 Å². The fourth-order valence-corrected chi connectivity index (χ4v) is 1.49. The van der Waals surface area contributed by atoms with Gasteiger partial charge in [0.15, 0.2) is 5.11 Å². The van der Waals surface area contributed by atoms with Crippen molar-refractivity contribution in [3.63, 3.8) is 0 Å². The van der Waals surface area contributed by atoms with Crippen molar-refractivity contribution in [2.45, 2.75) is 19.1 Å². The highest BCUT2D eigenvalue weighted by Gasteiger charge is 2.25. The first-order valence-electron chi connectivity index (χ1n) is 3.93. The predicted molar refractivity (Wildman–Crippen MR) is 49.8 cm³/mol. The summed E-state index contributed by atoms with van der Waals surface area (Å²) in [5, 5.41) is 9.22. The van der Waals surface area contributed by atoms with Gasteiger partial charge in [-0.25, -0.2) is 0 Å². The van der Waals surface area contributed by atoms with Crippen molar-refractivity contribution in [2.24, 2.45) is 5.73 Å². The van der Waals surface area contributed by atoms with Crippen molar-refractivity contribution in [1.82, 2.24) is 4.90 Å². The second kappa shape index (κ2) is 4.02. The van der Waals surface area contributed by atoms with E-state index in [2.05, 4.69) is 0 Å². The van der Waals surface area contributed by atoms with E-state index in [0.29, 0.717) is 18.3 Å². The summed E-state index contributed by atoms with van der Waals surface area (Å²) in [6, 6.07) is 0.213. The zero-order valence-electron chi connectivity index (χ0n) is 7.06. The lowest BCUT2D eigenvalue weighted by Crippen LogP contribution is -2.53. The van der Waals surface area contributed by atoms with Crippen LogP contribution in [0.3, 0.4) is 0 Å². The van der Waals surface area contributed by atoms with Crippen molar-refractivity contribution in [3.8, 4) is 0 Å². The number of aliphatic hydroxyl groups excluding tert-OH is 1. The minimum atomic E-state index is -0.150. The third-order valence-corrected chi connectivity index (χ3v) is 2.23. The van der Waals surface area contributed by atoms with Crippen LogP contribution in [0.5, 0.6) is 0 Å². The standard InChI is InChI=1S/C7H14N2O2S/c1-5-4-11-6(3-10)2-9(5)7(8)12/h5-6,10H,2-4H2,1H3,(H2,8,12). The quantitative estimate of drug-likeness (QED) is 0.536. The third kappa shape index (κ3) is 2.06. The van der Waals surface area contributed by atoms with E-state index in [1.54, 1.807) is 0 Å². The van der Waals surface area contributed by atoms with E-state index in [-0.39, 0.29) is 18.8 Å². The average molecular weight is 190 g/mol. The van der Waals surface area contributed by atoms with E-state index in [4.69, 9.17) is 27.8 Å². The first kappa shape index (κ1) is 9.70. The molecule has 0 aromatic rings. The van der Waals surface area contributed by atoms with Crippen LogP contribution >= 0.6 is 12.2 Å². The lowest BCUT2D eigenvalue weighted by Gasteiger charge is -2.37. The average Bonchev–Trinajstić information content (AvgIpc) is 2.05. The first-order valence-corrected chi connectivity index (χ1v) is 4.34. The van der Waals surface area contributed by atoms with Crippen molar-refractivity contribution >= 4 is 17.3 Å². The Balaban J connectivity index is 2.53. The normalized spacial score (nSPS) is 30.3. The molecule has 1 aliphatic rings. The van der Waals surface area contributed by atoms with E-state index in [9.17, 15) is 0 Å². The molecule has 0 aromatic heterocycles. The molecule has 1 fully saturated rings. The van der Waals surface area contributed by atoms with E-state index in [1.165, 1.54) is 0 Å². The molecule has 3 N–H and O–H groups in total. The monoisotopic (exact) mass is 190 g/mol. The molecule has 0 amide bonds. The number of ether oxygens (including phenoxy) is 1. The van der Waals surface area contributed by atoms with Gasteiger partial charge in [-0.3, -0.25) is 0 Å². The number of hydrogen-bond donors (Lipinski definition) is 2. The number of nitrogens with two attached hydrogens (primary N) is 1. The molecule has 0 spiro atoms. The number of morpholine rings is 1. The second-order valence-electron chi connectivity index (χ2n) is 2.98. The number of rotatable bonds is 1. The summed E-state index contributed by atoms with van der Waals surface area (Å²) in [6.45, 7) is 3.17. The van der Waals surface area contributed by atoms with Gasteiger partial charge in [0.2, 0.25) is 0 Å². The molecular formula is C7H14N2O2S. The molecule has 0 saturated carbocycles. The van der Waals surface area contributed by atoms with Gasteiger partial charge in [0.05, 0.1) is 25.4 Å². The molecule has 0 bridgehead atoms. The van der Waals surface area contributed by atoms with Gasteiger partial charge in [-0.2, -0.15) is 0 Å². The Bertz CT molecular complexity index is 177. The van der Waals surface area contributed by atoms with Crippen molar-refractivity contribution in [3.05, 3.63) is 0 Å². The van der Waals surface area contributed by atoms with Crippen LogP contribution in [0.1, 0.15) is 6.92 Å². The van der Waals surface area contributed by atoms with Gasteiger partial charge < -0.3 is 20.5 Å².